The maximum absolute atomic E-state index is 14.6. The number of fused-ring (bicyclic) bond motifs is 1. The lowest BCUT2D eigenvalue weighted by atomic mass is 9.99. The predicted molar refractivity (Wildman–Crippen MR) is 111 cm³/mol. The summed E-state index contributed by atoms with van der Waals surface area (Å²) in [7, 11) is 0. The van der Waals surface area contributed by atoms with Crippen LogP contribution in [0.25, 0.3) is 11.0 Å². The highest BCUT2D eigenvalue weighted by atomic mass is 35.5. The number of rotatable bonds is 4. The van der Waals surface area contributed by atoms with Crippen LogP contribution in [0, 0.1) is 11.6 Å². The molecule has 0 spiro atoms. The molecule has 1 atom stereocenters. The van der Waals surface area contributed by atoms with E-state index in [1.54, 1.807) is 18.2 Å². The van der Waals surface area contributed by atoms with Crippen LogP contribution in [0.3, 0.4) is 0 Å². The fourth-order valence-corrected chi connectivity index (χ4v) is 3.91. The Morgan fingerprint density at radius 2 is 1.91 bits per heavy atom. The number of Topliss-reactive ketones (excluding diaryl/α,β-unsaturated/α-hetero) is 1. The van der Waals surface area contributed by atoms with E-state index >= 15 is 0 Å². The number of aliphatic hydroxyl groups excluding tert-OH is 1. The Balaban J connectivity index is 1.66. The molecule has 0 aliphatic carbocycles. The third-order valence-electron chi connectivity index (χ3n) is 5.14. The van der Waals surface area contributed by atoms with Crippen molar-refractivity contribution in [2.24, 2.45) is 0 Å². The van der Waals surface area contributed by atoms with Gasteiger partial charge in [0.25, 0.3) is 5.91 Å². The first-order valence-corrected chi connectivity index (χ1v) is 9.72. The average Bonchev–Trinajstić information content (AvgIpc) is 3.48. The standard InChI is InChI=1S/C23H12ClF2NO5/c24-12-3-6-16-11(8-12)9-18(32-16)21(28)19-20(17-2-1-7-31-17)27(23(30)22(19)29)15-10-13(25)4-5-14(15)26/h1-10,20,29H. The minimum Gasteiger partial charge on any atom is -0.503 e. The van der Waals surface area contributed by atoms with Crippen LogP contribution in [0.1, 0.15) is 22.4 Å². The van der Waals surface area contributed by atoms with Crippen LogP contribution in [0.4, 0.5) is 14.5 Å². The molecular weight excluding hydrogens is 444 g/mol. The van der Waals surface area contributed by atoms with Crippen LogP contribution in [-0.2, 0) is 4.79 Å². The van der Waals surface area contributed by atoms with Crippen molar-refractivity contribution in [2.45, 2.75) is 6.04 Å². The van der Waals surface area contributed by atoms with Gasteiger partial charge in [-0.05, 0) is 48.5 Å². The molecule has 3 heterocycles. The number of amides is 1. The SMILES string of the molecule is O=C(C1=C(O)C(=O)N(c2cc(F)ccc2F)C1c1ccco1)c1cc2cc(Cl)ccc2o1. The van der Waals surface area contributed by atoms with E-state index in [9.17, 15) is 23.5 Å². The Labute approximate surface area is 183 Å². The highest BCUT2D eigenvalue weighted by Crippen LogP contribution is 2.43. The lowest BCUT2D eigenvalue weighted by molar-refractivity contribution is -0.117. The molecule has 2 aromatic carbocycles. The molecule has 1 amide bonds. The van der Waals surface area contributed by atoms with Gasteiger partial charge in [0.1, 0.15) is 29.0 Å². The summed E-state index contributed by atoms with van der Waals surface area (Å²) in [6.45, 7) is 0. The van der Waals surface area contributed by atoms with Gasteiger partial charge in [-0.15, -0.1) is 0 Å². The number of nitrogens with zero attached hydrogens (tertiary/aromatic N) is 1. The maximum Gasteiger partial charge on any atom is 0.294 e. The van der Waals surface area contributed by atoms with Crippen LogP contribution >= 0.6 is 11.6 Å². The summed E-state index contributed by atoms with van der Waals surface area (Å²) >= 11 is 5.98. The number of carbonyl (C=O) groups is 2. The smallest absolute Gasteiger partial charge is 0.294 e. The third kappa shape index (κ3) is 3.07. The van der Waals surface area contributed by atoms with Crippen LogP contribution in [0.15, 0.2) is 81.0 Å². The molecule has 9 heteroatoms. The number of hydrogen-bond acceptors (Lipinski definition) is 5. The van der Waals surface area contributed by atoms with E-state index in [4.69, 9.17) is 20.4 Å². The zero-order valence-corrected chi connectivity index (χ0v) is 16.8. The van der Waals surface area contributed by atoms with Crippen molar-refractivity contribution in [3.8, 4) is 0 Å². The summed E-state index contributed by atoms with van der Waals surface area (Å²) in [5, 5.41) is 11.6. The maximum atomic E-state index is 14.6. The van der Waals surface area contributed by atoms with Crippen molar-refractivity contribution in [1.29, 1.82) is 0 Å². The van der Waals surface area contributed by atoms with Crippen LogP contribution in [0.5, 0.6) is 0 Å². The fraction of sp³-hybridized carbons (Fsp3) is 0.0435. The molecule has 1 N–H and O–H groups in total. The molecule has 0 radical (unpaired) electrons. The normalized spacial score (nSPS) is 16.4. The quantitative estimate of drug-likeness (QED) is 0.397. The predicted octanol–water partition coefficient (Wildman–Crippen LogP) is 5.74. The Bertz CT molecular complexity index is 1420. The number of anilines is 1. The van der Waals surface area contributed by atoms with Crippen LogP contribution in [-0.4, -0.2) is 16.8 Å². The van der Waals surface area contributed by atoms with E-state index in [1.807, 2.05) is 0 Å². The molecule has 6 nitrogen and oxygen atoms in total. The first kappa shape index (κ1) is 20.0. The van der Waals surface area contributed by atoms with Crippen molar-refractivity contribution in [1.82, 2.24) is 0 Å². The van der Waals surface area contributed by atoms with Gasteiger partial charge in [0.15, 0.2) is 11.5 Å². The highest BCUT2D eigenvalue weighted by Gasteiger charge is 2.47. The van der Waals surface area contributed by atoms with Crippen molar-refractivity contribution in [2.75, 3.05) is 4.90 Å². The van der Waals surface area contributed by atoms with Crippen LogP contribution in [0.2, 0.25) is 5.02 Å². The molecular formula is C23H12ClF2NO5. The van der Waals surface area contributed by atoms with Gasteiger partial charge >= 0.3 is 0 Å². The Morgan fingerprint density at radius 3 is 2.66 bits per heavy atom. The molecule has 4 aromatic rings. The summed E-state index contributed by atoms with van der Waals surface area (Å²) in [6, 6.07) is 10.3. The highest BCUT2D eigenvalue weighted by molar-refractivity contribution is 6.31. The largest absolute Gasteiger partial charge is 0.503 e. The Kier molecular flexibility index (Phi) is 4.60. The van der Waals surface area contributed by atoms with Gasteiger partial charge in [0.05, 0.1) is 17.5 Å². The second kappa shape index (κ2) is 7.35. The fourth-order valence-electron chi connectivity index (χ4n) is 3.73. The number of halogens is 3. The first-order chi connectivity index (χ1) is 15.3. The second-order valence-electron chi connectivity index (χ2n) is 7.07. The lowest BCUT2D eigenvalue weighted by Crippen LogP contribution is -2.31. The van der Waals surface area contributed by atoms with E-state index < -0.39 is 46.4 Å². The summed E-state index contributed by atoms with van der Waals surface area (Å²) in [6.07, 6.45) is 1.29. The van der Waals surface area contributed by atoms with Gasteiger partial charge in [-0.2, -0.15) is 0 Å². The van der Waals surface area contributed by atoms with E-state index in [0.717, 1.165) is 23.1 Å². The number of furan rings is 2. The molecule has 5 rings (SSSR count). The Morgan fingerprint density at radius 1 is 1.09 bits per heavy atom. The number of benzene rings is 2. The minimum atomic E-state index is -1.35. The van der Waals surface area contributed by atoms with Gasteiger partial charge in [-0.1, -0.05) is 11.6 Å². The zero-order chi connectivity index (χ0) is 22.6. The summed E-state index contributed by atoms with van der Waals surface area (Å²) in [5.74, 6) is -4.65. The van der Waals surface area contributed by atoms with Gasteiger partial charge < -0.3 is 13.9 Å². The van der Waals surface area contributed by atoms with E-state index in [2.05, 4.69) is 0 Å². The lowest BCUT2D eigenvalue weighted by Gasteiger charge is -2.25. The Hall–Kier alpha value is -3.91. The average molecular weight is 456 g/mol. The van der Waals surface area contributed by atoms with Gasteiger partial charge in [-0.3, -0.25) is 14.5 Å². The molecule has 0 bridgehead atoms. The monoisotopic (exact) mass is 455 g/mol. The second-order valence-corrected chi connectivity index (χ2v) is 7.51. The minimum absolute atomic E-state index is 0.0635. The first-order valence-electron chi connectivity index (χ1n) is 9.34. The van der Waals surface area contributed by atoms with Gasteiger partial charge in [0, 0.05) is 16.5 Å². The van der Waals surface area contributed by atoms with Crippen molar-refractivity contribution in [3.63, 3.8) is 0 Å². The molecule has 2 aromatic heterocycles. The molecule has 1 aliphatic rings. The molecule has 1 aliphatic heterocycles. The summed E-state index contributed by atoms with van der Waals surface area (Å²) < 4.78 is 39.4. The number of hydrogen-bond donors (Lipinski definition) is 1. The molecule has 32 heavy (non-hydrogen) atoms. The van der Waals surface area contributed by atoms with Crippen molar-refractivity contribution >= 4 is 39.9 Å². The number of aliphatic hydroxyl groups is 1. The molecule has 1 unspecified atom stereocenters. The van der Waals surface area contributed by atoms with E-state index in [0.29, 0.717) is 16.0 Å². The number of carbonyl (C=O) groups excluding carboxylic acids is 2. The van der Waals surface area contributed by atoms with Crippen molar-refractivity contribution < 1.29 is 32.3 Å². The molecule has 160 valence electrons. The van der Waals surface area contributed by atoms with Gasteiger partial charge in [0.2, 0.25) is 5.78 Å². The van der Waals surface area contributed by atoms with E-state index in [-0.39, 0.29) is 11.5 Å². The summed E-state index contributed by atoms with van der Waals surface area (Å²) in [4.78, 5) is 27.1. The van der Waals surface area contributed by atoms with Gasteiger partial charge in [-0.25, -0.2) is 8.78 Å². The van der Waals surface area contributed by atoms with E-state index in [1.165, 1.54) is 24.5 Å². The number of ketones is 1. The molecule has 0 fully saturated rings. The zero-order valence-electron chi connectivity index (χ0n) is 16.0. The van der Waals surface area contributed by atoms with Crippen molar-refractivity contribution in [3.05, 3.63) is 100 Å². The molecule has 0 saturated carbocycles. The van der Waals surface area contributed by atoms with Crippen LogP contribution < -0.4 is 4.90 Å². The molecule has 0 saturated heterocycles. The topological polar surface area (TPSA) is 83.9 Å². The third-order valence-corrected chi connectivity index (χ3v) is 5.37. The summed E-state index contributed by atoms with van der Waals surface area (Å²) in [5.41, 5.74) is -0.481.